The Morgan fingerprint density at radius 3 is 2.94 bits per heavy atom. The van der Waals surface area contributed by atoms with Gasteiger partial charge in [0.05, 0.1) is 17.8 Å². The summed E-state index contributed by atoms with van der Waals surface area (Å²) in [5, 5.41) is 6.82. The van der Waals surface area contributed by atoms with Gasteiger partial charge < -0.3 is 5.32 Å². The molecule has 1 aromatic heterocycles. The van der Waals surface area contributed by atoms with E-state index in [4.69, 9.17) is 0 Å². The van der Waals surface area contributed by atoms with E-state index in [1.54, 1.807) is 24.0 Å². The highest BCUT2D eigenvalue weighted by molar-refractivity contribution is 9.10. The zero-order valence-corrected chi connectivity index (χ0v) is 11.2. The van der Waals surface area contributed by atoms with Gasteiger partial charge >= 0.3 is 0 Å². The summed E-state index contributed by atoms with van der Waals surface area (Å²) in [6, 6.07) is 5.80. The first kappa shape index (κ1) is 12.8. The van der Waals surface area contributed by atoms with E-state index in [1.807, 2.05) is 0 Å². The van der Waals surface area contributed by atoms with E-state index in [-0.39, 0.29) is 11.5 Å². The lowest BCUT2D eigenvalue weighted by Crippen LogP contribution is -2.23. The number of aryl methyl sites for hydroxylation is 1. The zero-order chi connectivity index (χ0) is 13.1. The van der Waals surface area contributed by atoms with Crippen molar-refractivity contribution < 1.29 is 9.18 Å². The van der Waals surface area contributed by atoms with Crippen molar-refractivity contribution in [2.75, 3.05) is 0 Å². The molecule has 0 aliphatic rings. The average Bonchev–Trinajstić information content (AvgIpc) is 2.75. The van der Waals surface area contributed by atoms with Crippen molar-refractivity contribution in [2.24, 2.45) is 7.05 Å². The minimum Gasteiger partial charge on any atom is -0.346 e. The van der Waals surface area contributed by atoms with Crippen molar-refractivity contribution in [3.63, 3.8) is 0 Å². The van der Waals surface area contributed by atoms with Crippen LogP contribution < -0.4 is 5.32 Å². The van der Waals surface area contributed by atoms with Crippen LogP contribution in [-0.4, -0.2) is 15.7 Å². The van der Waals surface area contributed by atoms with E-state index >= 15 is 0 Å². The predicted molar refractivity (Wildman–Crippen MR) is 68.5 cm³/mol. The van der Waals surface area contributed by atoms with Crippen LogP contribution in [0.5, 0.6) is 0 Å². The summed E-state index contributed by atoms with van der Waals surface area (Å²) in [5.41, 5.74) is 1.02. The first-order valence-corrected chi connectivity index (χ1v) is 6.07. The SMILES string of the molecule is Cn1ccc(CNC(=O)c2cc(F)ccc2Br)n1. The van der Waals surface area contributed by atoms with Crippen LogP contribution in [-0.2, 0) is 13.6 Å². The molecule has 0 bridgehead atoms. The molecule has 0 aliphatic carbocycles. The number of benzene rings is 1. The van der Waals surface area contributed by atoms with Gasteiger partial charge in [0.25, 0.3) is 5.91 Å². The second kappa shape index (κ2) is 5.30. The van der Waals surface area contributed by atoms with Crippen molar-refractivity contribution in [3.8, 4) is 0 Å². The largest absolute Gasteiger partial charge is 0.346 e. The number of hydrogen-bond donors (Lipinski definition) is 1. The van der Waals surface area contributed by atoms with E-state index < -0.39 is 5.82 Å². The summed E-state index contributed by atoms with van der Waals surface area (Å²) in [4.78, 5) is 11.9. The van der Waals surface area contributed by atoms with Crippen molar-refractivity contribution in [1.29, 1.82) is 0 Å². The van der Waals surface area contributed by atoms with Crippen LogP contribution in [0.1, 0.15) is 16.1 Å². The Morgan fingerprint density at radius 2 is 2.28 bits per heavy atom. The highest BCUT2D eigenvalue weighted by Crippen LogP contribution is 2.17. The highest BCUT2D eigenvalue weighted by Gasteiger charge is 2.11. The van der Waals surface area contributed by atoms with Gasteiger partial charge in [0.15, 0.2) is 0 Å². The van der Waals surface area contributed by atoms with E-state index in [0.29, 0.717) is 11.0 Å². The summed E-state index contributed by atoms with van der Waals surface area (Å²) in [6.45, 7) is 0.308. The third kappa shape index (κ3) is 2.95. The maximum absolute atomic E-state index is 13.1. The second-order valence-electron chi connectivity index (χ2n) is 3.79. The summed E-state index contributed by atoms with van der Waals surface area (Å²) in [6.07, 6.45) is 1.79. The molecular weight excluding hydrogens is 301 g/mol. The van der Waals surface area contributed by atoms with E-state index in [1.165, 1.54) is 18.2 Å². The molecule has 4 nitrogen and oxygen atoms in total. The van der Waals surface area contributed by atoms with Crippen molar-refractivity contribution in [2.45, 2.75) is 6.54 Å². The summed E-state index contributed by atoms with van der Waals surface area (Å²) in [7, 11) is 1.80. The fourth-order valence-corrected chi connectivity index (χ4v) is 1.92. The molecule has 0 saturated carbocycles. The second-order valence-corrected chi connectivity index (χ2v) is 4.64. The first-order valence-electron chi connectivity index (χ1n) is 5.28. The summed E-state index contributed by atoms with van der Waals surface area (Å²) in [5.74, 6) is -0.784. The quantitative estimate of drug-likeness (QED) is 0.945. The van der Waals surface area contributed by atoms with Gasteiger partial charge in [-0.1, -0.05) is 0 Å². The van der Waals surface area contributed by atoms with Crippen LogP contribution in [0.25, 0.3) is 0 Å². The molecule has 0 aliphatic heterocycles. The molecule has 0 fully saturated rings. The topological polar surface area (TPSA) is 46.9 Å². The van der Waals surface area contributed by atoms with Gasteiger partial charge in [-0.3, -0.25) is 9.48 Å². The van der Waals surface area contributed by atoms with Gasteiger partial charge in [-0.25, -0.2) is 4.39 Å². The number of hydrogen-bond acceptors (Lipinski definition) is 2. The molecule has 1 N–H and O–H groups in total. The molecule has 94 valence electrons. The lowest BCUT2D eigenvalue weighted by Gasteiger charge is -2.05. The number of carbonyl (C=O) groups is 1. The molecule has 1 amide bonds. The third-order valence-corrected chi connectivity index (χ3v) is 3.06. The Labute approximate surface area is 112 Å². The normalized spacial score (nSPS) is 10.4. The first-order chi connectivity index (χ1) is 8.56. The van der Waals surface area contributed by atoms with Gasteiger partial charge in [0.2, 0.25) is 0 Å². The van der Waals surface area contributed by atoms with E-state index in [2.05, 4.69) is 26.3 Å². The van der Waals surface area contributed by atoms with Crippen molar-refractivity contribution >= 4 is 21.8 Å². The van der Waals surface area contributed by atoms with Crippen LogP contribution >= 0.6 is 15.9 Å². The van der Waals surface area contributed by atoms with Crippen LogP contribution in [0.2, 0.25) is 0 Å². The molecule has 0 unspecified atom stereocenters. The fourth-order valence-electron chi connectivity index (χ4n) is 1.50. The highest BCUT2D eigenvalue weighted by atomic mass is 79.9. The molecule has 2 aromatic rings. The van der Waals surface area contributed by atoms with Crippen molar-refractivity contribution in [1.82, 2.24) is 15.1 Å². The zero-order valence-electron chi connectivity index (χ0n) is 9.65. The third-order valence-electron chi connectivity index (χ3n) is 2.37. The monoisotopic (exact) mass is 311 g/mol. The Balaban J connectivity index is 2.05. The molecular formula is C12H11BrFN3O. The van der Waals surface area contributed by atoms with Gasteiger partial charge in [-0.05, 0) is 40.2 Å². The van der Waals surface area contributed by atoms with E-state index in [0.717, 1.165) is 5.69 Å². The number of amides is 1. The van der Waals surface area contributed by atoms with E-state index in [9.17, 15) is 9.18 Å². The maximum atomic E-state index is 13.1. The fraction of sp³-hybridized carbons (Fsp3) is 0.167. The number of nitrogens with zero attached hydrogens (tertiary/aromatic N) is 2. The Kier molecular flexibility index (Phi) is 3.76. The minimum atomic E-state index is -0.443. The van der Waals surface area contributed by atoms with Crippen LogP contribution in [0.15, 0.2) is 34.9 Å². The number of aromatic nitrogens is 2. The van der Waals surface area contributed by atoms with Gasteiger partial charge in [0.1, 0.15) is 5.82 Å². The molecule has 0 saturated heterocycles. The maximum Gasteiger partial charge on any atom is 0.252 e. The predicted octanol–water partition coefficient (Wildman–Crippen LogP) is 2.25. The molecule has 0 radical (unpaired) electrons. The average molecular weight is 312 g/mol. The molecule has 1 heterocycles. The Hall–Kier alpha value is -1.69. The number of halogens is 2. The standard InChI is InChI=1S/C12H11BrFN3O/c1-17-5-4-9(16-17)7-15-12(18)10-6-8(14)2-3-11(10)13/h2-6H,7H2,1H3,(H,15,18). The molecule has 6 heteroatoms. The Morgan fingerprint density at radius 1 is 1.50 bits per heavy atom. The molecule has 2 rings (SSSR count). The molecule has 18 heavy (non-hydrogen) atoms. The lowest BCUT2D eigenvalue weighted by atomic mass is 10.2. The van der Waals surface area contributed by atoms with Crippen LogP contribution in [0, 0.1) is 5.82 Å². The number of rotatable bonds is 3. The van der Waals surface area contributed by atoms with Gasteiger partial charge in [0, 0.05) is 17.7 Å². The Bertz CT molecular complexity index is 582. The van der Waals surface area contributed by atoms with Gasteiger partial charge in [-0.15, -0.1) is 0 Å². The van der Waals surface area contributed by atoms with Crippen LogP contribution in [0.3, 0.4) is 0 Å². The van der Waals surface area contributed by atoms with Crippen molar-refractivity contribution in [3.05, 3.63) is 52.0 Å². The van der Waals surface area contributed by atoms with Crippen LogP contribution in [0.4, 0.5) is 4.39 Å². The molecule has 0 spiro atoms. The number of carbonyl (C=O) groups excluding carboxylic acids is 1. The smallest absolute Gasteiger partial charge is 0.252 e. The van der Waals surface area contributed by atoms with Gasteiger partial charge in [-0.2, -0.15) is 5.10 Å². The number of nitrogens with one attached hydrogen (secondary N) is 1. The molecule has 0 atom stereocenters. The summed E-state index contributed by atoms with van der Waals surface area (Å²) >= 11 is 3.21. The summed E-state index contributed by atoms with van der Waals surface area (Å²) < 4.78 is 15.3. The molecule has 1 aromatic carbocycles. The minimum absolute atomic E-state index is 0.269. The lowest BCUT2D eigenvalue weighted by molar-refractivity contribution is 0.0949.